The molecule has 0 radical (unpaired) electrons. The Hall–Kier alpha value is -0.120. The number of hydrogen-bond acceptors (Lipinski definition) is 3. The third-order valence-corrected chi connectivity index (χ3v) is 3.20. The van der Waals surface area contributed by atoms with Crippen molar-refractivity contribution in [3.05, 3.63) is 0 Å². The molecule has 0 aliphatic carbocycles. The smallest absolute Gasteiger partial charge is 0.0628 e. The van der Waals surface area contributed by atoms with E-state index >= 15 is 0 Å². The topological polar surface area (TPSA) is 32.7 Å². The van der Waals surface area contributed by atoms with Crippen LogP contribution in [0, 0.1) is 5.92 Å². The molecule has 0 aromatic rings. The van der Waals surface area contributed by atoms with Gasteiger partial charge in [-0.1, -0.05) is 0 Å². The van der Waals surface area contributed by atoms with Gasteiger partial charge in [-0.05, 0) is 19.3 Å². The quantitative estimate of drug-likeness (QED) is 0.694. The molecule has 76 valence electrons. The van der Waals surface area contributed by atoms with Crippen LogP contribution in [0.3, 0.4) is 0 Å². The van der Waals surface area contributed by atoms with Gasteiger partial charge < -0.3 is 14.7 Å². The van der Waals surface area contributed by atoms with Crippen molar-refractivity contribution in [2.75, 3.05) is 32.8 Å². The Balaban J connectivity index is 1.76. The first kappa shape index (κ1) is 9.44. The van der Waals surface area contributed by atoms with Crippen molar-refractivity contribution in [2.45, 2.75) is 25.4 Å². The van der Waals surface area contributed by atoms with Crippen molar-refractivity contribution in [3.63, 3.8) is 0 Å². The van der Waals surface area contributed by atoms with Gasteiger partial charge in [0.05, 0.1) is 6.10 Å². The number of piperidine rings is 1. The lowest BCUT2D eigenvalue weighted by atomic mass is 9.94. The molecule has 2 aliphatic heterocycles. The number of fused-ring (bicyclic) bond motifs is 1. The van der Waals surface area contributed by atoms with Crippen molar-refractivity contribution in [3.8, 4) is 0 Å². The maximum atomic E-state index is 8.73. The minimum atomic E-state index is 0.321. The summed E-state index contributed by atoms with van der Waals surface area (Å²) in [4.78, 5) is 2.46. The minimum Gasteiger partial charge on any atom is -0.396 e. The first-order valence-electron chi connectivity index (χ1n) is 5.35. The van der Waals surface area contributed by atoms with E-state index in [-0.39, 0.29) is 0 Å². The number of aliphatic hydroxyl groups excluding tert-OH is 1. The molecule has 0 aromatic heterocycles. The fourth-order valence-corrected chi connectivity index (χ4v) is 2.45. The SMILES string of the molecule is OCCCN1CC[C@H]2OCC[C@H]2C1. The summed E-state index contributed by atoms with van der Waals surface area (Å²) in [7, 11) is 0. The highest BCUT2D eigenvalue weighted by Gasteiger charge is 2.33. The van der Waals surface area contributed by atoms with Gasteiger partial charge in [0, 0.05) is 38.8 Å². The van der Waals surface area contributed by atoms with Gasteiger partial charge in [-0.3, -0.25) is 0 Å². The Labute approximate surface area is 79.7 Å². The van der Waals surface area contributed by atoms with Crippen molar-refractivity contribution in [1.29, 1.82) is 0 Å². The molecule has 2 heterocycles. The third-order valence-electron chi connectivity index (χ3n) is 3.20. The van der Waals surface area contributed by atoms with Crippen LogP contribution in [0.25, 0.3) is 0 Å². The van der Waals surface area contributed by atoms with E-state index in [2.05, 4.69) is 4.90 Å². The van der Waals surface area contributed by atoms with Crippen LogP contribution < -0.4 is 0 Å². The molecule has 0 bridgehead atoms. The van der Waals surface area contributed by atoms with Crippen molar-refractivity contribution >= 4 is 0 Å². The van der Waals surface area contributed by atoms with E-state index in [9.17, 15) is 0 Å². The van der Waals surface area contributed by atoms with Crippen LogP contribution in [-0.2, 0) is 4.74 Å². The first-order chi connectivity index (χ1) is 6.40. The highest BCUT2D eigenvalue weighted by atomic mass is 16.5. The van der Waals surface area contributed by atoms with Crippen LogP contribution in [0.5, 0.6) is 0 Å². The Morgan fingerprint density at radius 1 is 1.38 bits per heavy atom. The van der Waals surface area contributed by atoms with Gasteiger partial charge in [-0.25, -0.2) is 0 Å². The summed E-state index contributed by atoms with van der Waals surface area (Å²) >= 11 is 0. The lowest BCUT2D eigenvalue weighted by Gasteiger charge is -2.33. The molecule has 0 saturated carbocycles. The average molecular weight is 185 g/mol. The zero-order valence-corrected chi connectivity index (χ0v) is 8.11. The van der Waals surface area contributed by atoms with Crippen molar-refractivity contribution in [2.24, 2.45) is 5.92 Å². The molecule has 3 heteroatoms. The number of aliphatic hydroxyl groups is 1. The number of ether oxygens (including phenoxy) is 1. The number of hydrogen-bond donors (Lipinski definition) is 1. The summed E-state index contributed by atoms with van der Waals surface area (Å²) in [5.74, 6) is 0.771. The monoisotopic (exact) mass is 185 g/mol. The predicted octanol–water partition coefficient (Wildman–Crippen LogP) is 0.480. The lowest BCUT2D eigenvalue weighted by molar-refractivity contribution is 0.0336. The minimum absolute atomic E-state index is 0.321. The van der Waals surface area contributed by atoms with Crippen molar-refractivity contribution in [1.82, 2.24) is 4.90 Å². The lowest BCUT2D eigenvalue weighted by Crippen LogP contribution is -2.41. The molecule has 2 rings (SSSR count). The second kappa shape index (κ2) is 4.40. The van der Waals surface area contributed by atoms with Crippen LogP contribution in [0.2, 0.25) is 0 Å². The van der Waals surface area contributed by atoms with E-state index in [1.165, 1.54) is 19.4 Å². The summed E-state index contributed by atoms with van der Waals surface area (Å²) in [6, 6.07) is 0. The fraction of sp³-hybridized carbons (Fsp3) is 1.00. The molecule has 2 atom stereocenters. The van der Waals surface area contributed by atoms with E-state index < -0.39 is 0 Å². The standard InChI is InChI=1S/C10H19NO2/c12-6-1-4-11-5-2-10-9(8-11)3-7-13-10/h9-10,12H,1-8H2/t9-,10+/m0/s1. The third kappa shape index (κ3) is 2.22. The van der Waals surface area contributed by atoms with E-state index in [4.69, 9.17) is 9.84 Å². The predicted molar refractivity (Wildman–Crippen MR) is 50.6 cm³/mol. The van der Waals surface area contributed by atoms with Gasteiger partial charge in [0.2, 0.25) is 0 Å². The largest absolute Gasteiger partial charge is 0.396 e. The molecule has 13 heavy (non-hydrogen) atoms. The van der Waals surface area contributed by atoms with Gasteiger partial charge in [0.25, 0.3) is 0 Å². The maximum absolute atomic E-state index is 8.73. The molecule has 3 nitrogen and oxygen atoms in total. The summed E-state index contributed by atoms with van der Waals surface area (Å²) < 4.78 is 5.63. The highest BCUT2D eigenvalue weighted by molar-refractivity contribution is 4.84. The van der Waals surface area contributed by atoms with E-state index in [1.54, 1.807) is 0 Å². The van der Waals surface area contributed by atoms with Crippen LogP contribution in [0.15, 0.2) is 0 Å². The number of rotatable bonds is 3. The second-order valence-corrected chi connectivity index (χ2v) is 4.12. The Morgan fingerprint density at radius 2 is 2.31 bits per heavy atom. The molecule has 0 aromatic carbocycles. The van der Waals surface area contributed by atoms with Crippen LogP contribution in [0.1, 0.15) is 19.3 Å². The normalized spacial score (nSPS) is 34.8. The maximum Gasteiger partial charge on any atom is 0.0628 e. The average Bonchev–Trinajstić information content (AvgIpc) is 2.61. The molecule has 0 unspecified atom stereocenters. The molecule has 1 N–H and O–H groups in total. The summed E-state index contributed by atoms with van der Waals surface area (Å²) in [5, 5.41) is 8.73. The van der Waals surface area contributed by atoms with Crippen LogP contribution >= 0.6 is 0 Å². The summed E-state index contributed by atoms with van der Waals surface area (Å²) in [5.41, 5.74) is 0. The van der Waals surface area contributed by atoms with Gasteiger partial charge in [0.1, 0.15) is 0 Å². The van der Waals surface area contributed by atoms with E-state index in [1.807, 2.05) is 0 Å². The van der Waals surface area contributed by atoms with Gasteiger partial charge in [-0.2, -0.15) is 0 Å². The zero-order valence-electron chi connectivity index (χ0n) is 8.11. The summed E-state index contributed by atoms with van der Waals surface area (Å²) in [6.45, 7) is 4.68. The molecular weight excluding hydrogens is 166 g/mol. The van der Waals surface area contributed by atoms with Crippen LogP contribution in [0.4, 0.5) is 0 Å². The second-order valence-electron chi connectivity index (χ2n) is 4.12. The Morgan fingerprint density at radius 3 is 3.15 bits per heavy atom. The van der Waals surface area contributed by atoms with Crippen molar-refractivity contribution < 1.29 is 9.84 Å². The molecular formula is C10H19NO2. The number of likely N-dealkylation sites (tertiary alicyclic amines) is 1. The molecule has 0 spiro atoms. The van der Waals surface area contributed by atoms with E-state index in [0.717, 1.165) is 32.0 Å². The molecule has 2 fully saturated rings. The van der Waals surface area contributed by atoms with Gasteiger partial charge >= 0.3 is 0 Å². The van der Waals surface area contributed by atoms with Gasteiger partial charge in [-0.15, -0.1) is 0 Å². The Kier molecular flexibility index (Phi) is 3.19. The highest BCUT2D eigenvalue weighted by Crippen LogP contribution is 2.28. The zero-order chi connectivity index (χ0) is 9.10. The van der Waals surface area contributed by atoms with Gasteiger partial charge in [0.15, 0.2) is 0 Å². The summed E-state index contributed by atoms with van der Waals surface area (Å²) in [6.07, 6.45) is 3.89. The fourth-order valence-electron chi connectivity index (χ4n) is 2.45. The molecule has 0 amide bonds. The number of nitrogens with zero attached hydrogens (tertiary/aromatic N) is 1. The Bertz CT molecular complexity index is 163. The van der Waals surface area contributed by atoms with E-state index in [0.29, 0.717) is 12.7 Å². The van der Waals surface area contributed by atoms with Crippen LogP contribution in [-0.4, -0.2) is 49.0 Å². The first-order valence-corrected chi connectivity index (χ1v) is 5.35. The molecule has 2 saturated heterocycles. The molecule has 2 aliphatic rings.